The normalized spacial score (nSPS) is 13.3. The van der Waals surface area contributed by atoms with Crippen LogP contribution in [0.1, 0.15) is 89.2 Å². The van der Waals surface area contributed by atoms with E-state index in [0.717, 1.165) is 0 Å². The molecule has 0 N–H and O–H groups in total. The van der Waals surface area contributed by atoms with Crippen molar-refractivity contribution in [1.82, 2.24) is 0 Å². The van der Waals surface area contributed by atoms with Gasteiger partial charge in [-0.25, -0.2) is 0 Å². The van der Waals surface area contributed by atoms with Crippen molar-refractivity contribution in [2.24, 2.45) is 0 Å². The van der Waals surface area contributed by atoms with Crippen molar-refractivity contribution >= 4 is 45.3 Å². The summed E-state index contributed by atoms with van der Waals surface area (Å²) in [6, 6.07) is 33.0. The van der Waals surface area contributed by atoms with Crippen LogP contribution in [-0.4, -0.2) is 0 Å². The molecule has 0 saturated carbocycles. The summed E-state index contributed by atoms with van der Waals surface area (Å²) in [4.78, 5) is 8.23. The third-order valence-electron chi connectivity index (χ3n) is 9.58. The van der Waals surface area contributed by atoms with Gasteiger partial charge in [-0.05, 0) is 106 Å². The Kier molecular flexibility index (Phi) is 9.56. The van der Waals surface area contributed by atoms with Crippen LogP contribution in [0.2, 0.25) is 0 Å². The molecule has 0 unspecified atom stereocenters. The third kappa shape index (κ3) is 6.20. The summed E-state index contributed by atoms with van der Waals surface area (Å²) in [7, 11) is 0. The van der Waals surface area contributed by atoms with E-state index >= 15 is 0 Å². The molecular weight excluding hydrogens is 621 g/mol. The molecule has 0 spiro atoms. The quantitative estimate of drug-likeness (QED) is 0.102. The summed E-state index contributed by atoms with van der Waals surface area (Å²) in [6.45, 7) is 4.66. The Balaban J connectivity index is 1.32. The second-order valence-electron chi connectivity index (χ2n) is 12.5. The molecule has 1 aliphatic carbocycles. The molecule has 1 aliphatic rings. The first-order valence-corrected chi connectivity index (χ1v) is 20.2. The average Bonchev–Trinajstić information content (AvgIpc) is 3.91. The van der Waals surface area contributed by atoms with E-state index in [1.54, 1.807) is 11.1 Å². The smallest absolute Gasteiger partial charge is 0.0449 e. The molecule has 0 fully saturated rings. The lowest BCUT2D eigenvalue weighted by molar-refractivity contribution is 0.401. The molecule has 6 aromatic rings. The number of benzene rings is 2. The maximum atomic E-state index is 2.60. The number of fused-ring (bicyclic) bond motifs is 3. The fourth-order valence-electron chi connectivity index (χ4n) is 7.26. The van der Waals surface area contributed by atoms with Crippen LogP contribution in [0, 0.1) is 0 Å². The van der Waals surface area contributed by atoms with Crippen molar-refractivity contribution in [2.45, 2.75) is 83.5 Å². The molecule has 0 atom stereocenters. The zero-order chi connectivity index (χ0) is 30.6. The average molecular weight is 663 g/mol. The first kappa shape index (κ1) is 30.9. The van der Waals surface area contributed by atoms with Crippen molar-refractivity contribution in [3.05, 3.63) is 107 Å². The largest absolute Gasteiger partial charge is 0.143 e. The SMILES string of the molecule is CCCCCCC1(CCCCCC)c2cc(-c3ccc(-c4cccs4)s3)ccc2-c2ccc(-c3ccc(-c4cccs4)s3)cc21. The second kappa shape index (κ2) is 13.9. The Morgan fingerprint density at radius 1 is 0.467 bits per heavy atom. The van der Waals surface area contributed by atoms with Crippen LogP contribution in [0.4, 0.5) is 0 Å². The van der Waals surface area contributed by atoms with Gasteiger partial charge in [0.25, 0.3) is 0 Å². The summed E-state index contributed by atoms with van der Waals surface area (Å²) < 4.78 is 0. The Labute approximate surface area is 285 Å². The highest BCUT2D eigenvalue weighted by atomic mass is 32.1. The number of hydrogen-bond donors (Lipinski definition) is 0. The summed E-state index contributed by atoms with van der Waals surface area (Å²) in [5.74, 6) is 0. The van der Waals surface area contributed by atoms with Gasteiger partial charge in [-0.1, -0.05) is 102 Å². The molecule has 45 heavy (non-hydrogen) atoms. The molecule has 7 rings (SSSR count). The summed E-state index contributed by atoms with van der Waals surface area (Å²) in [5, 5.41) is 4.36. The lowest BCUT2D eigenvalue weighted by Crippen LogP contribution is -2.25. The van der Waals surface area contributed by atoms with Gasteiger partial charge in [0.05, 0.1) is 0 Å². The lowest BCUT2D eigenvalue weighted by atomic mass is 9.70. The Bertz CT molecular complexity index is 1690. The molecule has 4 heterocycles. The zero-order valence-electron chi connectivity index (χ0n) is 26.4. The molecule has 4 heteroatoms. The van der Waals surface area contributed by atoms with Gasteiger partial charge in [0.15, 0.2) is 0 Å². The van der Waals surface area contributed by atoms with Crippen molar-refractivity contribution in [2.75, 3.05) is 0 Å². The van der Waals surface area contributed by atoms with E-state index in [1.165, 1.54) is 116 Å². The van der Waals surface area contributed by atoms with Crippen molar-refractivity contribution in [3.63, 3.8) is 0 Å². The zero-order valence-corrected chi connectivity index (χ0v) is 29.7. The Morgan fingerprint density at radius 2 is 0.933 bits per heavy atom. The lowest BCUT2D eigenvalue weighted by Gasteiger charge is -2.33. The van der Waals surface area contributed by atoms with Gasteiger partial charge < -0.3 is 0 Å². The van der Waals surface area contributed by atoms with E-state index in [4.69, 9.17) is 0 Å². The first-order valence-electron chi connectivity index (χ1n) is 16.8. The fourth-order valence-corrected chi connectivity index (χ4v) is 10.9. The van der Waals surface area contributed by atoms with Crippen LogP contribution in [0.15, 0.2) is 95.7 Å². The van der Waals surface area contributed by atoms with E-state index < -0.39 is 0 Å². The predicted octanol–water partition coefficient (Wildman–Crippen LogP) is 14.8. The number of hydrogen-bond acceptors (Lipinski definition) is 4. The van der Waals surface area contributed by atoms with Gasteiger partial charge in [-0.2, -0.15) is 0 Å². The molecule has 0 aliphatic heterocycles. The molecule has 0 saturated heterocycles. The first-order chi connectivity index (χ1) is 22.2. The van der Waals surface area contributed by atoms with Crippen molar-refractivity contribution < 1.29 is 0 Å². The summed E-state index contributed by atoms with van der Waals surface area (Å²) in [5.41, 5.74) is 8.91. The van der Waals surface area contributed by atoms with E-state index in [1.807, 2.05) is 45.3 Å². The standard InChI is InChI=1S/C41H42S4/c1-3-5-7-9-23-41(24-10-8-6-4-2)33-27-29(35-19-21-39(44-35)37-13-11-25-42-37)15-17-31(33)32-18-16-30(28-34(32)41)36-20-22-40(45-36)38-14-12-26-43-38/h11-22,25-28H,3-10,23-24H2,1-2H3. The predicted molar refractivity (Wildman–Crippen MR) is 203 cm³/mol. The molecule has 0 bridgehead atoms. The van der Waals surface area contributed by atoms with Crippen molar-refractivity contribution in [3.8, 4) is 51.5 Å². The van der Waals surface area contributed by atoms with Gasteiger partial charge in [-0.15, -0.1) is 45.3 Å². The minimum Gasteiger partial charge on any atom is -0.143 e. The van der Waals surface area contributed by atoms with Gasteiger partial charge in [-0.3, -0.25) is 0 Å². The summed E-state index contributed by atoms with van der Waals surface area (Å²) in [6.07, 6.45) is 12.9. The maximum Gasteiger partial charge on any atom is 0.0449 e. The van der Waals surface area contributed by atoms with Crippen LogP contribution < -0.4 is 0 Å². The second-order valence-corrected chi connectivity index (χ2v) is 16.6. The fraction of sp³-hybridized carbons (Fsp3) is 0.317. The number of thiophene rings is 4. The monoisotopic (exact) mass is 662 g/mol. The molecule has 2 aromatic carbocycles. The van der Waals surface area contributed by atoms with E-state index in [-0.39, 0.29) is 5.41 Å². The maximum absolute atomic E-state index is 2.60. The number of unbranched alkanes of at least 4 members (excludes halogenated alkanes) is 6. The minimum atomic E-state index is 0.0693. The molecular formula is C41H42S4. The highest BCUT2D eigenvalue weighted by Gasteiger charge is 2.42. The Morgan fingerprint density at radius 3 is 1.36 bits per heavy atom. The van der Waals surface area contributed by atoms with E-state index in [2.05, 4.69) is 110 Å². The summed E-state index contributed by atoms with van der Waals surface area (Å²) >= 11 is 7.54. The van der Waals surface area contributed by atoms with Gasteiger partial charge in [0.1, 0.15) is 0 Å². The van der Waals surface area contributed by atoms with E-state index in [0.29, 0.717) is 0 Å². The third-order valence-corrected chi connectivity index (χ3v) is 14.0. The van der Waals surface area contributed by atoms with E-state index in [9.17, 15) is 0 Å². The molecule has 0 radical (unpaired) electrons. The number of rotatable bonds is 14. The molecule has 0 nitrogen and oxygen atoms in total. The molecule has 0 amide bonds. The van der Waals surface area contributed by atoms with Crippen LogP contribution in [-0.2, 0) is 5.41 Å². The highest BCUT2D eigenvalue weighted by Crippen LogP contribution is 2.56. The topological polar surface area (TPSA) is 0 Å². The van der Waals surface area contributed by atoms with Crippen LogP contribution in [0.25, 0.3) is 51.5 Å². The van der Waals surface area contributed by atoms with Crippen LogP contribution in [0.3, 0.4) is 0 Å². The van der Waals surface area contributed by atoms with Crippen LogP contribution in [0.5, 0.6) is 0 Å². The van der Waals surface area contributed by atoms with Gasteiger partial charge >= 0.3 is 0 Å². The van der Waals surface area contributed by atoms with Gasteiger partial charge in [0.2, 0.25) is 0 Å². The molecule has 4 aromatic heterocycles. The highest BCUT2D eigenvalue weighted by molar-refractivity contribution is 7.23. The molecule has 230 valence electrons. The Hall–Kier alpha value is -2.76. The van der Waals surface area contributed by atoms with Crippen molar-refractivity contribution in [1.29, 1.82) is 0 Å². The van der Waals surface area contributed by atoms with Gasteiger partial charge in [0, 0.05) is 34.7 Å². The van der Waals surface area contributed by atoms with Crippen LogP contribution >= 0.6 is 45.3 Å². The minimum absolute atomic E-state index is 0.0693.